The van der Waals surface area contributed by atoms with Crippen LogP contribution in [0.4, 0.5) is 5.69 Å². The number of hydrogen-bond acceptors (Lipinski definition) is 2. The van der Waals surface area contributed by atoms with Crippen molar-refractivity contribution in [3.8, 4) is 0 Å². The first-order chi connectivity index (χ1) is 7.46. The van der Waals surface area contributed by atoms with Crippen LogP contribution in [0.3, 0.4) is 0 Å². The number of rotatable bonds is 5. The number of nitrogens with one attached hydrogen (secondary N) is 2. The Morgan fingerprint density at radius 1 is 1.19 bits per heavy atom. The molecule has 2 N–H and O–H groups in total. The summed E-state index contributed by atoms with van der Waals surface area (Å²) in [6.07, 6.45) is 0. The van der Waals surface area contributed by atoms with Crippen LogP contribution in [0.2, 0.25) is 0 Å². The SMILES string of the molecule is CNCC(C)(C)Nc1ccccc1C(C)C. The fourth-order valence-corrected chi connectivity index (χ4v) is 1.96. The number of para-hydroxylation sites is 1. The standard InChI is InChI=1S/C14H24N2/c1-11(2)12-8-6-7-9-13(12)16-14(3,4)10-15-5/h6-9,11,15-16H,10H2,1-5H3. The summed E-state index contributed by atoms with van der Waals surface area (Å²) in [7, 11) is 1.98. The molecular formula is C14H24N2. The van der Waals surface area contributed by atoms with Gasteiger partial charge in [-0.2, -0.15) is 0 Å². The summed E-state index contributed by atoms with van der Waals surface area (Å²) in [6.45, 7) is 9.82. The second kappa shape index (κ2) is 5.35. The molecule has 0 aliphatic carbocycles. The Morgan fingerprint density at radius 3 is 2.38 bits per heavy atom. The van der Waals surface area contributed by atoms with Crippen molar-refractivity contribution in [3.05, 3.63) is 29.8 Å². The van der Waals surface area contributed by atoms with Crippen LogP contribution in [0.1, 0.15) is 39.2 Å². The molecule has 16 heavy (non-hydrogen) atoms. The molecule has 0 aliphatic heterocycles. The zero-order valence-electron chi connectivity index (χ0n) is 11.1. The Kier molecular flexibility index (Phi) is 4.36. The Balaban J connectivity index is 2.88. The van der Waals surface area contributed by atoms with Gasteiger partial charge in [0, 0.05) is 17.8 Å². The third-order valence-electron chi connectivity index (χ3n) is 2.67. The van der Waals surface area contributed by atoms with E-state index < -0.39 is 0 Å². The Bertz CT molecular complexity index is 329. The van der Waals surface area contributed by atoms with Crippen LogP contribution in [-0.2, 0) is 0 Å². The molecule has 0 atom stereocenters. The van der Waals surface area contributed by atoms with Crippen molar-refractivity contribution in [2.24, 2.45) is 0 Å². The molecule has 0 saturated heterocycles. The Morgan fingerprint density at radius 2 is 1.81 bits per heavy atom. The van der Waals surface area contributed by atoms with Crippen molar-refractivity contribution >= 4 is 5.69 Å². The average Bonchev–Trinajstić information content (AvgIpc) is 2.17. The minimum Gasteiger partial charge on any atom is -0.379 e. The number of likely N-dealkylation sites (N-methyl/N-ethyl adjacent to an activating group) is 1. The zero-order valence-corrected chi connectivity index (χ0v) is 11.1. The van der Waals surface area contributed by atoms with E-state index in [0.717, 1.165) is 6.54 Å². The highest BCUT2D eigenvalue weighted by atomic mass is 15.0. The Hall–Kier alpha value is -1.02. The zero-order chi connectivity index (χ0) is 12.2. The van der Waals surface area contributed by atoms with Crippen molar-refractivity contribution < 1.29 is 0 Å². The summed E-state index contributed by atoms with van der Waals surface area (Å²) in [5.41, 5.74) is 2.70. The molecule has 0 bridgehead atoms. The quantitative estimate of drug-likeness (QED) is 0.796. The van der Waals surface area contributed by atoms with E-state index in [1.54, 1.807) is 0 Å². The Labute approximate surface area is 99.5 Å². The van der Waals surface area contributed by atoms with Gasteiger partial charge in [-0.05, 0) is 38.4 Å². The van der Waals surface area contributed by atoms with E-state index in [9.17, 15) is 0 Å². The van der Waals surface area contributed by atoms with Crippen molar-refractivity contribution in [2.45, 2.75) is 39.2 Å². The highest BCUT2D eigenvalue weighted by molar-refractivity contribution is 5.54. The molecule has 1 aromatic rings. The summed E-state index contributed by atoms with van der Waals surface area (Å²) in [5.74, 6) is 0.550. The maximum atomic E-state index is 3.61. The van der Waals surface area contributed by atoms with E-state index in [0.29, 0.717) is 5.92 Å². The predicted octanol–water partition coefficient (Wildman–Crippen LogP) is 3.22. The fraction of sp³-hybridized carbons (Fsp3) is 0.571. The van der Waals surface area contributed by atoms with Crippen LogP contribution in [0.25, 0.3) is 0 Å². The summed E-state index contributed by atoms with van der Waals surface area (Å²) >= 11 is 0. The summed E-state index contributed by atoms with van der Waals surface area (Å²) in [6, 6.07) is 8.55. The monoisotopic (exact) mass is 220 g/mol. The molecule has 0 fully saturated rings. The molecule has 0 heterocycles. The summed E-state index contributed by atoms with van der Waals surface area (Å²) in [5, 5.41) is 6.82. The normalized spacial score (nSPS) is 11.9. The molecule has 0 unspecified atom stereocenters. The van der Waals surface area contributed by atoms with E-state index in [2.05, 4.69) is 62.6 Å². The maximum absolute atomic E-state index is 3.61. The van der Waals surface area contributed by atoms with Gasteiger partial charge in [-0.25, -0.2) is 0 Å². The van der Waals surface area contributed by atoms with Crippen molar-refractivity contribution in [1.82, 2.24) is 5.32 Å². The first-order valence-electron chi connectivity index (χ1n) is 5.98. The maximum Gasteiger partial charge on any atom is 0.0441 e. The molecule has 1 rings (SSSR count). The molecule has 0 radical (unpaired) electrons. The van der Waals surface area contributed by atoms with Gasteiger partial charge in [0.25, 0.3) is 0 Å². The lowest BCUT2D eigenvalue weighted by Gasteiger charge is -2.29. The van der Waals surface area contributed by atoms with Crippen LogP contribution in [-0.4, -0.2) is 19.1 Å². The second-order valence-corrected chi connectivity index (χ2v) is 5.28. The minimum absolute atomic E-state index is 0.0692. The molecular weight excluding hydrogens is 196 g/mol. The lowest BCUT2D eigenvalue weighted by molar-refractivity contribution is 0.529. The van der Waals surface area contributed by atoms with Crippen molar-refractivity contribution in [3.63, 3.8) is 0 Å². The van der Waals surface area contributed by atoms with Gasteiger partial charge >= 0.3 is 0 Å². The van der Waals surface area contributed by atoms with E-state index in [1.165, 1.54) is 11.3 Å². The molecule has 0 saturated carbocycles. The van der Waals surface area contributed by atoms with Gasteiger partial charge in [0.1, 0.15) is 0 Å². The molecule has 1 aromatic carbocycles. The molecule has 2 heteroatoms. The molecule has 90 valence electrons. The topological polar surface area (TPSA) is 24.1 Å². The largest absolute Gasteiger partial charge is 0.379 e. The van der Waals surface area contributed by atoms with E-state index >= 15 is 0 Å². The fourth-order valence-electron chi connectivity index (χ4n) is 1.96. The van der Waals surface area contributed by atoms with Gasteiger partial charge in [0.2, 0.25) is 0 Å². The van der Waals surface area contributed by atoms with E-state index in [4.69, 9.17) is 0 Å². The van der Waals surface area contributed by atoms with Gasteiger partial charge in [0.15, 0.2) is 0 Å². The number of hydrogen-bond donors (Lipinski definition) is 2. The summed E-state index contributed by atoms with van der Waals surface area (Å²) in [4.78, 5) is 0. The van der Waals surface area contributed by atoms with Crippen LogP contribution < -0.4 is 10.6 Å². The third kappa shape index (κ3) is 3.53. The third-order valence-corrected chi connectivity index (χ3v) is 2.67. The van der Waals surface area contributed by atoms with Gasteiger partial charge in [-0.3, -0.25) is 0 Å². The average molecular weight is 220 g/mol. The number of anilines is 1. The van der Waals surface area contributed by atoms with Gasteiger partial charge in [-0.1, -0.05) is 32.0 Å². The van der Waals surface area contributed by atoms with Gasteiger partial charge < -0.3 is 10.6 Å². The smallest absolute Gasteiger partial charge is 0.0441 e. The van der Waals surface area contributed by atoms with Crippen LogP contribution in [0.5, 0.6) is 0 Å². The van der Waals surface area contributed by atoms with E-state index in [-0.39, 0.29) is 5.54 Å². The molecule has 0 aliphatic rings. The minimum atomic E-state index is 0.0692. The first kappa shape index (κ1) is 13.0. The highest BCUT2D eigenvalue weighted by Gasteiger charge is 2.17. The molecule has 0 aromatic heterocycles. The van der Waals surface area contributed by atoms with Crippen LogP contribution in [0, 0.1) is 0 Å². The number of benzene rings is 1. The predicted molar refractivity (Wildman–Crippen MR) is 72.2 cm³/mol. The second-order valence-electron chi connectivity index (χ2n) is 5.28. The van der Waals surface area contributed by atoms with Crippen molar-refractivity contribution in [2.75, 3.05) is 18.9 Å². The lowest BCUT2D eigenvalue weighted by atomic mass is 9.98. The van der Waals surface area contributed by atoms with Crippen molar-refractivity contribution in [1.29, 1.82) is 0 Å². The van der Waals surface area contributed by atoms with Crippen LogP contribution >= 0.6 is 0 Å². The highest BCUT2D eigenvalue weighted by Crippen LogP contribution is 2.26. The van der Waals surface area contributed by atoms with Crippen LogP contribution in [0.15, 0.2) is 24.3 Å². The molecule has 2 nitrogen and oxygen atoms in total. The van der Waals surface area contributed by atoms with Gasteiger partial charge in [-0.15, -0.1) is 0 Å². The molecule has 0 amide bonds. The summed E-state index contributed by atoms with van der Waals surface area (Å²) < 4.78 is 0. The first-order valence-corrected chi connectivity index (χ1v) is 5.98. The van der Waals surface area contributed by atoms with E-state index in [1.807, 2.05) is 7.05 Å². The molecule has 0 spiro atoms. The lowest BCUT2D eigenvalue weighted by Crippen LogP contribution is -2.40. The van der Waals surface area contributed by atoms with Gasteiger partial charge in [0.05, 0.1) is 0 Å².